The van der Waals surface area contributed by atoms with Gasteiger partial charge >= 0.3 is 12.3 Å². The molecule has 0 aliphatic carbocycles. The molecule has 0 spiro atoms. The van der Waals surface area contributed by atoms with E-state index in [4.69, 9.17) is 10.00 Å². The van der Waals surface area contributed by atoms with Crippen LogP contribution in [-0.2, 0) is 22.1 Å². The first-order valence-electron chi connectivity index (χ1n) is 14.1. The van der Waals surface area contributed by atoms with Crippen molar-refractivity contribution in [2.45, 2.75) is 76.7 Å². The van der Waals surface area contributed by atoms with E-state index in [2.05, 4.69) is 26.7 Å². The molecule has 0 unspecified atom stereocenters. The van der Waals surface area contributed by atoms with E-state index in [1.165, 1.54) is 6.07 Å². The fraction of sp³-hybridized carbons (Fsp3) is 0.552. The largest absolute Gasteiger partial charge is 0.451 e. The highest BCUT2D eigenvalue weighted by molar-refractivity contribution is 5.85. The molecule has 0 bridgehead atoms. The molecule has 1 aromatic heterocycles. The molecule has 2 fully saturated rings. The third kappa shape index (κ3) is 8.24. The van der Waals surface area contributed by atoms with Crippen LogP contribution in [0.25, 0.3) is 0 Å². The fourth-order valence-corrected chi connectivity index (χ4v) is 5.09. The minimum absolute atomic E-state index is 0.0612. The van der Waals surface area contributed by atoms with E-state index in [1.807, 2.05) is 12.1 Å². The Morgan fingerprint density at radius 1 is 1.05 bits per heavy atom. The lowest BCUT2D eigenvalue weighted by Gasteiger charge is -2.34. The van der Waals surface area contributed by atoms with Crippen LogP contribution in [0.5, 0.6) is 0 Å². The van der Waals surface area contributed by atoms with Crippen LogP contribution in [0.4, 0.5) is 29.6 Å². The lowest BCUT2D eigenvalue weighted by Crippen LogP contribution is -2.46. The number of hydrogen-bond acceptors (Lipinski definition) is 8. The number of anilines is 2. The quantitative estimate of drug-likeness (QED) is 0.495. The van der Waals surface area contributed by atoms with Gasteiger partial charge in [-0.1, -0.05) is 12.1 Å². The molecule has 13 heteroatoms. The number of alkyl carbamates (subject to hydrolysis) is 1. The maximum atomic E-state index is 13.9. The number of piperidine rings is 1. The molecule has 2 aromatic rings. The number of rotatable bonds is 7. The van der Waals surface area contributed by atoms with Crippen molar-refractivity contribution < 1.29 is 27.5 Å². The average Bonchev–Trinajstić information content (AvgIpc) is 3.42. The van der Waals surface area contributed by atoms with Gasteiger partial charge in [0, 0.05) is 38.3 Å². The molecule has 2 N–H and O–H groups in total. The molecule has 3 heterocycles. The summed E-state index contributed by atoms with van der Waals surface area (Å²) in [4.78, 5) is 36.2. The molecule has 2 amide bonds. The van der Waals surface area contributed by atoms with Gasteiger partial charge in [-0.15, -0.1) is 0 Å². The third-order valence-corrected chi connectivity index (χ3v) is 7.14. The van der Waals surface area contributed by atoms with Crippen molar-refractivity contribution in [2.75, 3.05) is 36.0 Å². The second-order valence-corrected chi connectivity index (χ2v) is 11.5. The Morgan fingerprint density at radius 3 is 2.33 bits per heavy atom. The highest BCUT2D eigenvalue weighted by atomic mass is 19.4. The van der Waals surface area contributed by atoms with Gasteiger partial charge in [0.25, 0.3) is 0 Å². The van der Waals surface area contributed by atoms with E-state index in [1.54, 1.807) is 42.7 Å². The van der Waals surface area contributed by atoms with Crippen molar-refractivity contribution in [3.8, 4) is 6.07 Å². The van der Waals surface area contributed by atoms with E-state index in [9.17, 15) is 22.8 Å². The van der Waals surface area contributed by atoms with Crippen LogP contribution in [0.15, 0.2) is 30.3 Å². The molecule has 4 rings (SSSR count). The smallest absolute Gasteiger partial charge is 0.444 e. The predicted octanol–water partition coefficient (Wildman–Crippen LogP) is 4.19. The first kappa shape index (κ1) is 30.9. The van der Waals surface area contributed by atoms with Gasteiger partial charge in [-0.25, -0.2) is 14.8 Å². The van der Waals surface area contributed by atoms with Gasteiger partial charge in [0.2, 0.25) is 11.7 Å². The Balaban J connectivity index is 1.42. The van der Waals surface area contributed by atoms with Crippen LogP contribution >= 0.6 is 0 Å². The van der Waals surface area contributed by atoms with Crippen LogP contribution in [0.3, 0.4) is 0 Å². The number of amides is 2. The molecule has 2 aliphatic heterocycles. The minimum Gasteiger partial charge on any atom is -0.444 e. The summed E-state index contributed by atoms with van der Waals surface area (Å²) in [5, 5.41) is 14.7. The topological polar surface area (TPSA) is 123 Å². The summed E-state index contributed by atoms with van der Waals surface area (Å²) in [6, 6.07) is 9.81. The number of nitrogens with zero attached hydrogens (tertiary/aromatic N) is 5. The van der Waals surface area contributed by atoms with Crippen molar-refractivity contribution >= 4 is 23.6 Å². The van der Waals surface area contributed by atoms with Crippen LogP contribution in [-0.4, -0.2) is 65.8 Å². The number of aromatic nitrogens is 2. The zero-order chi connectivity index (χ0) is 30.5. The summed E-state index contributed by atoms with van der Waals surface area (Å²) in [5.41, 5.74) is 0.873. The summed E-state index contributed by atoms with van der Waals surface area (Å²) in [6.07, 6.45) is -2.60. The molecule has 42 heavy (non-hydrogen) atoms. The van der Waals surface area contributed by atoms with E-state index in [0.29, 0.717) is 63.8 Å². The van der Waals surface area contributed by atoms with E-state index < -0.39 is 29.7 Å². The normalized spacial score (nSPS) is 18.0. The second kappa shape index (κ2) is 12.8. The second-order valence-electron chi connectivity index (χ2n) is 11.5. The van der Waals surface area contributed by atoms with Gasteiger partial charge in [-0.05, 0) is 70.6 Å². The highest BCUT2D eigenvalue weighted by Crippen LogP contribution is 2.33. The molecular weight excluding hydrogens is 551 g/mol. The van der Waals surface area contributed by atoms with Crippen LogP contribution in [0.2, 0.25) is 0 Å². The zero-order valence-corrected chi connectivity index (χ0v) is 24.0. The minimum atomic E-state index is -4.76. The van der Waals surface area contributed by atoms with E-state index >= 15 is 0 Å². The Labute approximate surface area is 243 Å². The van der Waals surface area contributed by atoms with Crippen LogP contribution in [0.1, 0.15) is 63.4 Å². The highest BCUT2D eigenvalue weighted by Gasteiger charge is 2.39. The molecule has 226 valence electrons. The number of carbonyl (C=O) groups excluding carboxylic acids is 2. The van der Waals surface area contributed by atoms with Crippen molar-refractivity contribution in [3.63, 3.8) is 0 Å². The number of hydrogen-bond donors (Lipinski definition) is 2. The van der Waals surface area contributed by atoms with Gasteiger partial charge < -0.3 is 25.2 Å². The SMILES string of the molecule is CC(C)(C)OC(=O)NC1CCN(c2cc(N3CCC[C@H]3C(=O)NCCc3ccc(C#N)cc3)nc(C(F)(F)F)n2)CC1. The number of nitriles is 1. The molecule has 0 saturated carbocycles. The lowest BCUT2D eigenvalue weighted by molar-refractivity contribution is -0.144. The molecule has 1 aromatic carbocycles. The van der Waals surface area contributed by atoms with Crippen LogP contribution in [0, 0.1) is 11.3 Å². The molecule has 2 aliphatic rings. The Morgan fingerprint density at radius 2 is 1.71 bits per heavy atom. The first-order chi connectivity index (χ1) is 19.8. The van der Waals surface area contributed by atoms with Crippen molar-refractivity contribution in [2.24, 2.45) is 0 Å². The molecule has 1 atom stereocenters. The molecular formula is C29H36F3N7O3. The monoisotopic (exact) mass is 587 g/mol. The average molecular weight is 588 g/mol. The van der Waals surface area contributed by atoms with E-state index in [-0.39, 0.29) is 23.6 Å². The molecule has 0 radical (unpaired) electrons. The summed E-state index contributed by atoms with van der Waals surface area (Å²) >= 11 is 0. The molecule has 10 nitrogen and oxygen atoms in total. The fourth-order valence-electron chi connectivity index (χ4n) is 5.09. The van der Waals surface area contributed by atoms with E-state index in [0.717, 1.165) is 5.56 Å². The van der Waals surface area contributed by atoms with Crippen molar-refractivity contribution in [1.82, 2.24) is 20.6 Å². The van der Waals surface area contributed by atoms with Gasteiger partial charge in [0.1, 0.15) is 23.3 Å². The maximum absolute atomic E-state index is 13.9. The lowest BCUT2D eigenvalue weighted by atomic mass is 10.1. The number of halogens is 3. The van der Waals surface area contributed by atoms with Gasteiger partial charge in [0.15, 0.2) is 0 Å². The summed E-state index contributed by atoms with van der Waals surface area (Å²) in [7, 11) is 0. The Kier molecular flexibility index (Phi) is 9.43. The van der Waals surface area contributed by atoms with Crippen molar-refractivity contribution in [1.29, 1.82) is 5.26 Å². The van der Waals surface area contributed by atoms with Gasteiger partial charge in [-0.3, -0.25) is 4.79 Å². The number of alkyl halides is 3. The standard InChI is InChI=1S/C29H36F3N7O3/c1-28(2,3)42-27(41)35-21-11-15-38(16-12-21)23-17-24(37-26(36-23)29(30,31)32)39-14-4-5-22(39)25(40)34-13-10-19-6-8-20(18-33)9-7-19/h6-9,17,21-22H,4-5,10-16H2,1-3H3,(H,34,40)(H,35,41)/t22-/m0/s1. The summed E-state index contributed by atoms with van der Waals surface area (Å²) in [5.74, 6) is -1.33. The number of ether oxygens (including phenoxy) is 1. The number of carbonyl (C=O) groups is 2. The predicted molar refractivity (Wildman–Crippen MR) is 150 cm³/mol. The third-order valence-electron chi connectivity index (χ3n) is 7.14. The zero-order valence-electron chi connectivity index (χ0n) is 24.0. The maximum Gasteiger partial charge on any atom is 0.451 e. The van der Waals surface area contributed by atoms with Gasteiger partial charge in [-0.2, -0.15) is 18.4 Å². The molecule has 2 saturated heterocycles. The van der Waals surface area contributed by atoms with Crippen molar-refractivity contribution in [3.05, 3.63) is 47.3 Å². The first-order valence-corrected chi connectivity index (χ1v) is 14.1. The summed E-state index contributed by atoms with van der Waals surface area (Å²) < 4.78 is 46.9. The Hall–Kier alpha value is -4.08. The number of nitrogens with one attached hydrogen (secondary N) is 2. The number of benzene rings is 1. The Bertz CT molecular complexity index is 1300. The summed E-state index contributed by atoms with van der Waals surface area (Å²) in [6.45, 7) is 6.82. The van der Waals surface area contributed by atoms with Crippen LogP contribution < -0.4 is 20.4 Å². The van der Waals surface area contributed by atoms with Gasteiger partial charge in [0.05, 0.1) is 11.6 Å².